The molecule has 0 aromatic carbocycles. The van der Waals surface area contributed by atoms with Gasteiger partial charge in [-0.1, -0.05) is 6.07 Å². The van der Waals surface area contributed by atoms with Crippen molar-refractivity contribution in [3.05, 3.63) is 63.8 Å². The quantitative estimate of drug-likeness (QED) is 0.280. The SMILES string of the molecule is CN(Cc1cccc(C#N)n1)/N=C\c1c(C=O)n(C)c2nc(Cc3ccn[nH]3)sc12. The first kappa shape index (κ1) is 19.5. The monoisotopic (exact) mass is 418 g/mol. The van der Waals surface area contributed by atoms with Crippen molar-refractivity contribution >= 4 is 34.2 Å². The van der Waals surface area contributed by atoms with E-state index in [1.54, 1.807) is 34.1 Å². The molecule has 0 atom stereocenters. The Hall–Kier alpha value is -3.84. The highest BCUT2D eigenvalue weighted by Crippen LogP contribution is 2.30. The number of hydrogen-bond acceptors (Lipinski definition) is 8. The summed E-state index contributed by atoms with van der Waals surface area (Å²) in [7, 11) is 3.64. The number of fused-ring (bicyclic) bond motifs is 1. The first-order chi connectivity index (χ1) is 14.6. The minimum atomic E-state index is 0.368. The summed E-state index contributed by atoms with van der Waals surface area (Å²) in [4.78, 5) is 20.6. The first-order valence-electron chi connectivity index (χ1n) is 9.11. The molecule has 9 nitrogen and oxygen atoms in total. The number of aryl methyl sites for hydroxylation is 1. The molecule has 0 unspecified atom stereocenters. The van der Waals surface area contributed by atoms with E-state index in [-0.39, 0.29) is 0 Å². The molecule has 4 rings (SSSR count). The number of H-pyrrole nitrogens is 1. The number of aromatic amines is 1. The smallest absolute Gasteiger partial charge is 0.167 e. The molecule has 0 aliphatic rings. The van der Waals surface area contributed by atoms with Crippen molar-refractivity contribution < 1.29 is 4.79 Å². The van der Waals surface area contributed by atoms with Gasteiger partial charge < -0.3 is 4.57 Å². The standard InChI is InChI=1S/C20H18N8OS/c1-27(11-15-5-3-4-14(9-21)24-15)23-10-16-17(12-29)28(2)20-19(16)30-18(25-20)8-13-6-7-22-26-13/h3-7,10,12H,8,11H2,1-2H3,(H,22,26)/b23-10-. The summed E-state index contributed by atoms with van der Waals surface area (Å²) in [6.07, 6.45) is 4.86. The van der Waals surface area contributed by atoms with Crippen molar-refractivity contribution in [2.24, 2.45) is 12.1 Å². The van der Waals surface area contributed by atoms with Crippen molar-refractivity contribution in [1.29, 1.82) is 5.26 Å². The molecule has 0 saturated carbocycles. The van der Waals surface area contributed by atoms with E-state index in [0.29, 0.717) is 24.4 Å². The van der Waals surface area contributed by atoms with E-state index in [9.17, 15) is 4.79 Å². The lowest BCUT2D eigenvalue weighted by Crippen LogP contribution is -2.12. The molecule has 30 heavy (non-hydrogen) atoms. The van der Waals surface area contributed by atoms with Gasteiger partial charge in [-0.3, -0.25) is 14.9 Å². The van der Waals surface area contributed by atoms with Crippen LogP contribution < -0.4 is 0 Å². The molecule has 0 fully saturated rings. The number of nitrogens with zero attached hydrogens (tertiary/aromatic N) is 7. The highest BCUT2D eigenvalue weighted by atomic mass is 32.1. The van der Waals surface area contributed by atoms with E-state index >= 15 is 0 Å². The lowest BCUT2D eigenvalue weighted by Gasteiger charge is -2.12. The maximum atomic E-state index is 11.7. The molecule has 0 spiro atoms. The summed E-state index contributed by atoms with van der Waals surface area (Å²) in [5, 5.41) is 23.0. The molecule has 0 bridgehead atoms. The number of aromatic nitrogens is 5. The van der Waals surface area contributed by atoms with Crippen LogP contribution in [0.5, 0.6) is 0 Å². The van der Waals surface area contributed by atoms with Crippen molar-refractivity contribution in [2.75, 3.05) is 7.05 Å². The van der Waals surface area contributed by atoms with E-state index in [4.69, 9.17) is 5.26 Å². The third-order valence-electron chi connectivity index (χ3n) is 4.56. The highest BCUT2D eigenvalue weighted by molar-refractivity contribution is 7.19. The molecule has 4 aromatic rings. The Bertz CT molecular complexity index is 1260. The summed E-state index contributed by atoms with van der Waals surface area (Å²) >= 11 is 1.54. The van der Waals surface area contributed by atoms with Crippen LogP contribution in [0.15, 0.2) is 35.6 Å². The van der Waals surface area contributed by atoms with Crippen molar-refractivity contribution in [1.82, 2.24) is 29.7 Å². The fraction of sp³-hybridized carbons (Fsp3) is 0.200. The van der Waals surface area contributed by atoms with E-state index in [0.717, 1.165) is 38.6 Å². The summed E-state index contributed by atoms with van der Waals surface area (Å²) in [5.74, 6) is 0. The molecule has 0 aliphatic carbocycles. The average Bonchev–Trinajstić information content (AvgIpc) is 3.45. The molecule has 0 aliphatic heterocycles. The Morgan fingerprint density at radius 3 is 2.97 bits per heavy atom. The molecular formula is C20H18N8OS. The van der Waals surface area contributed by atoms with Crippen LogP contribution in [0, 0.1) is 11.3 Å². The van der Waals surface area contributed by atoms with Crippen LogP contribution in [-0.2, 0) is 20.0 Å². The largest absolute Gasteiger partial charge is 0.325 e. The third-order valence-corrected chi connectivity index (χ3v) is 5.64. The predicted molar refractivity (Wildman–Crippen MR) is 113 cm³/mol. The van der Waals surface area contributed by atoms with Gasteiger partial charge in [-0.2, -0.15) is 15.5 Å². The summed E-state index contributed by atoms with van der Waals surface area (Å²) < 4.78 is 2.70. The molecule has 0 radical (unpaired) electrons. The number of carbonyl (C=O) groups excluding carboxylic acids is 1. The minimum Gasteiger partial charge on any atom is -0.325 e. The van der Waals surface area contributed by atoms with Crippen molar-refractivity contribution in [3.8, 4) is 6.07 Å². The van der Waals surface area contributed by atoms with Gasteiger partial charge in [0.2, 0.25) is 0 Å². The van der Waals surface area contributed by atoms with Gasteiger partial charge in [0.25, 0.3) is 0 Å². The normalized spacial score (nSPS) is 11.2. The lowest BCUT2D eigenvalue weighted by atomic mass is 10.3. The van der Waals surface area contributed by atoms with Crippen LogP contribution in [0.25, 0.3) is 10.3 Å². The number of rotatable bonds is 7. The number of nitrogens with one attached hydrogen (secondary N) is 1. The Kier molecular flexibility index (Phi) is 5.36. The fourth-order valence-electron chi connectivity index (χ4n) is 3.12. The number of pyridine rings is 1. The number of thiazole rings is 1. The van der Waals surface area contributed by atoms with E-state index in [1.807, 2.05) is 32.3 Å². The van der Waals surface area contributed by atoms with Gasteiger partial charge in [-0.15, -0.1) is 11.3 Å². The second-order valence-electron chi connectivity index (χ2n) is 6.68. The molecule has 0 amide bonds. The predicted octanol–water partition coefficient (Wildman–Crippen LogP) is 2.49. The van der Waals surface area contributed by atoms with Gasteiger partial charge in [0, 0.05) is 38.0 Å². The van der Waals surface area contributed by atoms with Gasteiger partial charge in [0.15, 0.2) is 11.9 Å². The summed E-state index contributed by atoms with van der Waals surface area (Å²) in [5.41, 5.74) is 4.10. The second-order valence-corrected chi connectivity index (χ2v) is 7.76. The number of hydrazone groups is 1. The van der Waals surface area contributed by atoms with Crippen LogP contribution in [0.2, 0.25) is 0 Å². The van der Waals surface area contributed by atoms with Gasteiger partial charge >= 0.3 is 0 Å². The number of carbonyl (C=O) groups is 1. The molecule has 1 N–H and O–H groups in total. The number of aldehydes is 1. The van der Waals surface area contributed by atoms with E-state index in [2.05, 4.69) is 25.3 Å². The minimum absolute atomic E-state index is 0.368. The lowest BCUT2D eigenvalue weighted by molar-refractivity contribution is 0.111. The fourth-order valence-corrected chi connectivity index (χ4v) is 4.26. The first-order valence-corrected chi connectivity index (χ1v) is 9.93. The Morgan fingerprint density at radius 1 is 1.37 bits per heavy atom. The molecule has 0 saturated heterocycles. The van der Waals surface area contributed by atoms with Crippen LogP contribution in [0.1, 0.15) is 38.1 Å². The molecule has 150 valence electrons. The Morgan fingerprint density at radius 2 is 2.23 bits per heavy atom. The van der Waals surface area contributed by atoms with Crippen molar-refractivity contribution in [2.45, 2.75) is 13.0 Å². The van der Waals surface area contributed by atoms with Gasteiger partial charge in [0.05, 0.1) is 28.8 Å². The van der Waals surface area contributed by atoms with Crippen LogP contribution in [0.4, 0.5) is 0 Å². The van der Waals surface area contributed by atoms with Crippen molar-refractivity contribution in [3.63, 3.8) is 0 Å². The van der Waals surface area contributed by atoms with Gasteiger partial charge in [0.1, 0.15) is 16.8 Å². The summed E-state index contributed by atoms with van der Waals surface area (Å²) in [6.45, 7) is 0.437. The van der Waals surface area contributed by atoms with Crippen LogP contribution >= 0.6 is 11.3 Å². The Balaban J connectivity index is 1.60. The van der Waals surface area contributed by atoms with E-state index in [1.165, 1.54) is 11.3 Å². The van der Waals surface area contributed by atoms with Gasteiger partial charge in [-0.05, 0) is 18.2 Å². The topological polar surface area (TPSA) is 116 Å². The van der Waals surface area contributed by atoms with Crippen LogP contribution in [0.3, 0.4) is 0 Å². The number of hydrogen-bond donors (Lipinski definition) is 1. The third kappa shape index (κ3) is 3.83. The number of nitriles is 1. The average molecular weight is 418 g/mol. The zero-order valence-corrected chi connectivity index (χ0v) is 17.2. The molecule has 4 aromatic heterocycles. The van der Waals surface area contributed by atoms with Gasteiger partial charge in [-0.25, -0.2) is 9.97 Å². The van der Waals surface area contributed by atoms with E-state index < -0.39 is 0 Å². The highest BCUT2D eigenvalue weighted by Gasteiger charge is 2.18. The maximum absolute atomic E-state index is 11.7. The summed E-state index contributed by atoms with van der Waals surface area (Å²) in [6, 6.07) is 9.24. The molecule has 4 heterocycles. The van der Waals surface area contributed by atoms with Crippen LogP contribution in [-0.4, -0.2) is 49.3 Å². The zero-order chi connectivity index (χ0) is 21.1. The maximum Gasteiger partial charge on any atom is 0.167 e. The molecular weight excluding hydrogens is 400 g/mol. The zero-order valence-electron chi connectivity index (χ0n) is 16.4. The second kappa shape index (κ2) is 8.26. The molecule has 10 heteroatoms. The Labute approximate surface area is 176 Å².